The molecule has 74 valence electrons. The summed E-state index contributed by atoms with van der Waals surface area (Å²) in [5.41, 5.74) is 1.76. The zero-order valence-electron chi connectivity index (χ0n) is 8.49. The Morgan fingerprint density at radius 3 is 2.62 bits per heavy atom. The molecule has 0 saturated carbocycles. The fraction of sp³-hybridized carbons (Fsp3) is 0.778. The van der Waals surface area contributed by atoms with Crippen LogP contribution < -0.4 is 0 Å². The summed E-state index contributed by atoms with van der Waals surface area (Å²) in [6, 6.07) is 0. The van der Waals surface area contributed by atoms with Crippen LogP contribution in [0.3, 0.4) is 0 Å². The molecule has 0 radical (unpaired) electrons. The second-order valence-corrected chi connectivity index (χ2v) is 3.57. The minimum absolute atomic E-state index is 0.0126. The average molecular weight is 183 g/mol. The van der Waals surface area contributed by atoms with E-state index in [1.165, 1.54) is 0 Å². The summed E-state index contributed by atoms with van der Waals surface area (Å²) in [6.07, 6.45) is 0.871. The summed E-state index contributed by atoms with van der Waals surface area (Å²) < 4.78 is 1.89. The predicted octanol–water partition coefficient (Wildman–Crippen LogP) is 0.989. The maximum atomic E-state index is 8.98. The maximum absolute atomic E-state index is 8.98. The summed E-state index contributed by atoms with van der Waals surface area (Å²) in [4.78, 5) is 0. The largest absolute Gasteiger partial charge is 0.390 e. The molecule has 0 bridgehead atoms. The Hall–Kier alpha value is -0.900. The fourth-order valence-corrected chi connectivity index (χ4v) is 1.37. The Labute approximate surface area is 78.6 Å². The van der Waals surface area contributed by atoms with Gasteiger partial charge in [-0.15, -0.1) is 5.10 Å². The van der Waals surface area contributed by atoms with Crippen molar-refractivity contribution in [2.75, 3.05) is 0 Å². The first-order valence-corrected chi connectivity index (χ1v) is 4.71. The van der Waals surface area contributed by atoms with E-state index in [2.05, 4.69) is 31.1 Å². The molecule has 0 saturated heterocycles. The standard InChI is InChI=1S/C9H17N3O/c1-4-9-8(6-13)10-11-12(9)5-7(2)3/h7,13H,4-6H2,1-3H3. The molecule has 1 heterocycles. The summed E-state index contributed by atoms with van der Waals surface area (Å²) in [7, 11) is 0. The van der Waals surface area contributed by atoms with Crippen LogP contribution in [-0.2, 0) is 19.6 Å². The predicted molar refractivity (Wildman–Crippen MR) is 50.2 cm³/mol. The topological polar surface area (TPSA) is 50.9 Å². The van der Waals surface area contributed by atoms with Crippen LogP contribution in [0.15, 0.2) is 0 Å². The Balaban J connectivity index is 2.87. The third kappa shape index (κ3) is 2.28. The van der Waals surface area contributed by atoms with E-state index in [0.717, 1.165) is 18.7 Å². The smallest absolute Gasteiger partial charge is 0.111 e. The quantitative estimate of drug-likeness (QED) is 0.757. The second-order valence-electron chi connectivity index (χ2n) is 3.57. The lowest BCUT2D eigenvalue weighted by Crippen LogP contribution is -2.10. The lowest BCUT2D eigenvalue weighted by atomic mass is 10.2. The number of rotatable bonds is 4. The monoisotopic (exact) mass is 183 g/mol. The lowest BCUT2D eigenvalue weighted by molar-refractivity contribution is 0.275. The highest BCUT2D eigenvalue weighted by Gasteiger charge is 2.10. The van der Waals surface area contributed by atoms with Gasteiger partial charge in [0.25, 0.3) is 0 Å². The fourth-order valence-electron chi connectivity index (χ4n) is 1.37. The van der Waals surface area contributed by atoms with Gasteiger partial charge in [0.1, 0.15) is 5.69 Å². The van der Waals surface area contributed by atoms with Crippen molar-refractivity contribution in [2.45, 2.75) is 40.3 Å². The Morgan fingerprint density at radius 2 is 2.15 bits per heavy atom. The third-order valence-corrected chi connectivity index (χ3v) is 1.94. The maximum Gasteiger partial charge on any atom is 0.111 e. The van der Waals surface area contributed by atoms with E-state index in [9.17, 15) is 0 Å². The number of aliphatic hydroxyl groups is 1. The first kappa shape index (κ1) is 10.2. The van der Waals surface area contributed by atoms with Gasteiger partial charge >= 0.3 is 0 Å². The van der Waals surface area contributed by atoms with Gasteiger partial charge in [0, 0.05) is 6.54 Å². The number of aliphatic hydroxyl groups excluding tert-OH is 1. The van der Waals surface area contributed by atoms with Crippen molar-refractivity contribution in [1.82, 2.24) is 15.0 Å². The van der Waals surface area contributed by atoms with Gasteiger partial charge < -0.3 is 5.11 Å². The molecule has 1 rings (SSSR count). The average Bonchev–Trinajstić information content (AvgIpc) is 2.45. The number of aromatic nitrogens is 3. The van der Waals surface area contributed by atoms with Crippen molar-refractivity contribution in [3.8, 4) is 0 Å². The Bertz CT molecular complexity index is 268. The minimum Gasteiger partial charge on any atom is -0.390 e. The van der Waals surface area contributed by atoms with Gasteiger partial charge in [0.05, 0.1) is 12.3 Å². The van der Waals surface area contributed by atoms with E-state index in [0.29, 0.717) is 11.6 Å². The molecule has 0 spiro atoms. The first-order valence-electron chi connectivity index (χ1n) is 4.71. The SMILES string of the molecule is CCc1c(CO)nnn1CC(C)C. The van der Waals surface area contributed by atoms with Crippen LogP contribution >= 0.6 is 0 Å². The van der Waals surface area contributed by atoms with Crippen LogP contribution in [0.4, 0.5) is 0 Å². The molecule has 4 heteroatoms. The van der Waals surface area contributed by atoms with E-state index < -0.39 is 0 Å². The van der Waals surface area contributed by atoms with Gasteiger partial charge in [-0.3, -0.25) is 0 Å². The highest BCUT2D eigenvalue weighted by atomic mass is 16.3. The summed E-state index contributed by atoms with van der Waals surface area (Å²) in [5.74, 6) is 0.554. The van der Waals surface area contributed by atoms with Gasteiger partial charge in [-0.1, -0.05) is 26.0 Å². The molecule has 0 unspecified atom stereocenters. The normalized spacial score (nSPS) is 11.2. The summed E-state index contributed by atoms with van der Waals surface area (Å²) in [6.45, 7) is 7.19. The van der Waals surface area contributed by atoms with E-state index in [1.54, 1.807) is 0 Å². The van der Waals surface area contributed by atoms with Crippen LogP contribution in [-0.4, -0.2) is 20.1 Å². The van der Waals surface area contributed by atoms with Gasteiger partial charge in [0.2, 0.25) is 0 Å². The van der Waals surface area contributed by atoms with Crippen LogP contribution in [0.5, 0.6) is 0 Å². The molecular weight excluding hydrogens is 166 g/mol. The van der Waals surface area contributed by atoms with Crippen molar-refractivity contribution < 1.29 is 5.11 Å². The van der Waals surface area contributed by atoms with E-state index >= 15 is 0 Å². The number of nitrogens with zero attached hydrogens (tertiary/aromatic N) is 3. The molecule has 0 amide bonds. The molecule has 1 aromatic heterocycles. The summed E-state index contributed by atoms with van der Waals surface area (Å²) in [5, 5.41) is 16.9. The Morgan fingerprint density at radius 1 is 1.46 bits per heavy atom. The van der Waals surface area contributed by atoms with Crippen molar-refractivity contribution in [3.63, 3.8) is 0 Å². The van der Waals surface area contributed by atoms with Crippen molar-refractivity contribution in [2.24, 2.45) is 5.92 Å². The van der Waals surface area contributed by atoms with E-state index in [1.807, 2.05) is 4.68 Å². The molecule has 0 aliphatic carbocycles. The lowest BCUT2D eigenvalue weighted by Gasteiger charge is -2.07. The highest BCUT2D eigenvalue weighted by molar-refractivity contribution is 5.08. The molecule has 13 heavy (non-hydrogen) atoms. The highest BCUT2D eigenvalue weighted by Crippen LogP contribution is 2.08. The number of hydrogen-bond donors (Lipinski definition) is 1. The van der Waals surface area contributed by atoms with Gasteiger partial charge in [-0.05, 0) is 12.3 Å². The molecule has 0 aromatic carbocycles. The molecule has 4 nitrogen and oxygen atoms in total. The molecule has 0 fully saturated rings. The molecule has 1 N–H and O–H groups in total. The van der Waals surface area contributed by atoms with Crippen molar-refractivity contribution in [3.05, 3.63) is 11.4 Å². The van der Waals surface area contributed by atoms with Crippen LogP contribution in [0.25, 0.3) is 0 Å². The summed E-state index contributed by atoms with van der Waals surface area (Å²) >= 11 is 0. The van der Waals surface area contributed by atoms with E-state index in [-0.39, 0.29) is 6.61 Å². The van der Waals surface area contributed by atoms with Crippen molar-refractivity contribution >= 4 is 0 Å². The zero-order chi connectivity index (χ0) is 9.84. The molecule has 0 atom stereocenters. The molecule has 1 aromatic rings. The Kier molecular flexibility index (Phi) is 3.42. The van der Waals surface area contributed by atoms with E-state index in [4.69, 9.17) is 5.11 Å². The molecular formula is C9H17N3O. The second kappa shape index (κ2) is 4.37. The first-order chi connectivity index (χ1) is 6.19. The van der Waals surface area contributed by atoms with Crippen molar-refractivity contribution in [1.29, 1.82) is 0 Å². The van der Waals surface area contributed by atoms with Gasteiger partial charge in [-0.2, -0.15) is 0 Å². The van der Waals surface area contributed by atoms with Crippen LogP contribution in [0.2, 0.25) is 0 Å². The molecule has 0 aliphatic heterocycles. The van der Waals surface area contributed by atoms with Gasteiger partial charge in [0.15, 0.2) is 0 Å². The molecule has 0 aliphatic rings. The van der Waals surface area contributed by atoms with Crippen LogP contribution in [0, 0.1) is 5.92 Å². The van der Waals surface area contributed by atoms with Crippen LogP contribution in [0.1, 0.15) is 32.2 Å². The number of hydrogen-bond acceptors (Lipinski definition) is 3. The third-order valence-electron chi connectivity index (χ3n) is 1.94. The minimum atomic E-state index is -0.0126. The van der Waals surface area contributed by atoms with Gasteiger partial charge in [-0.25, -0.2) is 4.68 Å². The zero-order valence-corrected chi connectivity index (χ0v) is 8.49.